The summed E-state index contributed by atoms with van der Waals surface area (Å²) in [6.45, 7) is 1.85. The van der Waals surface area contributed by atoms with Crippen LogP contribution in [0.25, 0.3) is 11.0 Å². The van der Waals surface area contributed by atoms with Crippen LogP contribution in [0.4, 0.5) is 5.69 Å². The van der Waals surface area contributed by atoms with Gasteiger partial charge in [0.05, 0.1) is 12.0 Å². The lowest BCUT2D eigenvalue weighted by molar-refractivity contribution is 0.102. The van der Waals surface area contributed by atoms with Gasteiger partial charge in [0.1, 0.15) is 5.56 Å². The molecule has 1 heterocycles. The van der Waals surface area contributed by atoms with Crippen molar-refractivity contribution in [1.29, 1.82) is 0 Å². The quantitative estimate of drug-likeness (QED) is 0.382. The van der Waals surface area contributed by atoms with Crippen molar-refractivity contribution in [2.45, 2.75) is 11.8 Å². The van der Waals surface area contributed by atoms with Crippen LogP contribution in [-0.2, 0) is 10.0 Å². The predicted molar refractivity (Wildman–Crippen MR) is 129 cm³/mol. The summed E-state index contributed by atoms with van der Waals surface area (Å²) in [7, 11) is -2.53. The Morgan fingerprint density at radius 3 is 2.41 bits per heavy atom. The molecule has 4 aromatic rings. The highest BCUT2D eigenvalue weighted by Crippen LogP contribution is 2.25. The zero-order chi connectivity index (χ0) is 24.3. The number of carbonyl (C=O) groups excluding carboxylic acids is 1. The second kappa shape index (κ2) is 9.58. The maximum atomic E-state index is 13.1. The second-order valence-corrected chi connectivity index (χ2v) is 9.42. The number of benzene rings is 3. The van der Waals surface area contributed by atoms with Crippen LogP contribution in [0.5, 0.6) is 5.75 Å². The van der Waals surface area contributed by atoms with Gasteiger partial charge in [-0.1, -0.05) is 41.4 Å². The minimum absolute atomic E-state index is 0.0160. The van der Waals surface area contributed by atoms with Crippen molar-refractivity contribution in [3.63, 3.8) is 0 Å². The summed E-state index contributed by atoms with van der Waals surface area (Å²) in [6, 6.07) is 19.5. The van der Waals surface area contributed by atoms with E-state index in [0.717, 1.165) is 5.56 Å². The molecule has 0 saturated heterocycles. The first-order valence-corrected chi connectivity index (χ1v) is 11.9. The number of nitrogens with one attached hydrogen (secondary N) is 2. The van der Waals surface area contributed by atoms with Crippen LogP contribution in [0.2, 0.25) is 5.02 Å². The summed E-state index contributed by atoms with van der Waals surface area (Å²) in [5.41, 5.74) is 1.49. The van der Waals surface area contributed by atoms with E-state index in [9.17, 15) is 13.2 Å². The fourth-order valence-electron chi connectivity index (χ4n) is 3.13. The van der Waals surface area contributed by atoms with Gasteiger partial charge in [-0.05, 0) is 55.5 Å². The third kappa shape index (κ3) is 5.05. The van der Waals surface area contributed by atoms with E-state index in [-0.39, 0.29) is 16.0 Å². The van der Waals surface area contributed by atoms with Crippen molar-refractivity contribution in [2.75, 3.05) is 12.4 Å². The number of anilines is 1. The minimum atomic E-state index is -4.00. The third-order valence-electron chi connectivity index (χ3n) is 4.90. The second-order valence-electron chi connectivity index (χ2n) is 7.32. The van der Waals surface area contributed by atoms with E-state index >= 15 is 0 Å². The maximum absolute atomic E-state index is 13.1. The minimum Gasteiger partial charge on any atom is -0.493 e. The standard InChI is InChI=1S/C24H20ClN3O5S/c1-15-6-12-19(13-7-15)34(30,31)28-27-24-20(23(29)26-18-10-8-17(25)9-11-18)14-16-4-3-5-21(32-2)22(16)33-24/h3-14,28H,1-2H3,(H,26,29). The lowest BCUT2D eigenvalue weighted by Gasteiger charge is -2.09. The number of sulfonamides is 1. The van der Waals surface area contributed by atoms with Crippen molar-refractivity contribution in [2.24, 2.45) is 5.10 Å². The Morgan fingerprint density at radius 1 is 1.03 bits per heavy atom. The molecule has 34 heavy (non-hydrogen) atoms. The Bertz CT molecular complexity index is 1530. The van der Waals surface area contributed by atoms with E-state index in [2.05, 4.69) is 15.2 Å². The number of nitrogens with zero attached hydrogens (tertiary/aromatic N) is 1. The van der Waals surface area contributed by atoms with Crippen LogP contribution in [-0.4, -0.2) is 21.4 Å². The van der Waals surface area contributed by atoms with Gasteiger partial charge in [0, 0.05) is 16.1 Å². The van der Waals surface area contributed by atoms with E-state index in [1.807, 2.05) is 6.92 Å². The van der Waals surface area contributed by atoms with Gasteiger partial charge in [-0.3, -0.25) is 4.79 Å². The van der Waals surface area contributed by atoms with Gasteiger partial charge in [-0.15, -0.1) is 5.10 Å². The Kier molecular flexibility index (Phi) is 6.58. The van der Waals surface area contributed by atoms with Gasteiger partial charge >= 0.3 is 0 Å². The first kappa shape index (κ1) is 23.3. The molecule has 3 aromatic carbocycles. The molecular weight excluding hydrogens is 478 g/mol. The van der Waals surface area contributed by atoms with Crippen molar-refractivity contribution in [1.82, 2.24) is 4.83 Å². The predicted octanol–water partition coefficient (Wildman–Crippen LogP) is 4.45. The number of ether oxygens (including phenoxy) is 1. The third-order valence-corrected chi connectivity index (χ3v) is 6.38. The van der Waals surface area contributed by atoms with E-state index < -0.39 is 15.9 Å². The molecule has 1 aromatic heterocycles. The van der Waals surface area contributed by atoms with Gasteiger partial charge < -0.3 is 14.5 Å². The highest BCUT2D eigenvalue weighted by Gasteiger charge is 2.17. The zero-order valence-corrected chi connectivity index (χ0v) is 19.8. The van der Waals surface area contributed by atoms with Crippen LogP contribution in [0, 0.1) is 6.92 Å². The lowest BCUT2D eigenvalue weighted by Crippen LogP contribution is -2.27. The van der Waals surface area contributed by atoms with Crippen LogP contribution < -0.4 is 20.4 Å². The molecule has 0 aliphatic carbocycles. The van der Waals surface area contributed by atoms with Gasteiger partial charge in [0.15, 0.2) is 11.3 Å². The summed E-state index contributed by atoms with van der Waals surface area (Å²) >= 11 is 5.91. The van der Waals surface area contributed by atoms with E-state index in [1.54, 1.807) is 60.7 Å². The molecule has 0 spiro atoms. The van der Waals surface area contributed by atoms with Gasteiger partial charge in [0.2, 0.25) is 5.55 Å². The summed E-state index contributed by atoms with van der Waals surface area (Å²) < 4.78 is 36.6. The van der Waals surface area contributed by atoms with Crippen molar-refractivity contribution in [3.8, 4) is 5.75 Å². The molecule has 8 nitrogen and oxygen atoms in total. The monoisotopic (exact) mass is 497 g/mol. The molecule has 0 radical (unpaired) electrons. The van der Waals surface area contributed by atoms with Crippen molar-refractivity contribution < 1.29 is 22.4 Å². The number of hydrogen-bond donors (Lipinski definition) is 2. The Labute approximate surface area is 200 Å². The zero-order valence-electron chi connectivity index (χ0n) is 18.2. The molecule has 2 N–H and O–H groups in total. The molecule has 0 bridgehead atoms. The van der Waals surface area contributed by atoms with Crippen molar-refractivity contribution >= 4 is 44.2 Å². The van der Waals surface area contributed by atoms with Crippen LogP contribution >= 0.6 is 11.6 Å². The largest absolute Gasteiger partial charge is 0.493 e. The fraction of sp³-hybridized carbons (Fsp3) is 0.0833. The molecule has 10 heteroatoms. The molecule has 0 aliphatic rings. The Morgan fingerprint density at radius 2 is 1.74 bits per heavy atom. The molecular formula is C24H20ClN3O5S. The van der Waals surface area contributed by atoms with Crippen LogP contribution in [0.3, 0.4) is 0 Å². The summed E-state index contributed by atoms with van der Waals surface area (Å²) in [5.74, 6) is -0.149. The fourth-order valence-corrected chi connectivity index (χ4v) is 4.06. The molecule has 0 saturated carbocycles. The van der Waals surface area contributed by atoms with Crippen LogP contribution in [0.15, 0.2) is 87.2 Å². The Hall–Kier alpha value is -3.82. The number of fused-ring (bicyclic) bond motifs is 1. The summed E-state index contributed by atoms with van der Waals surface area (Å²) in [6.07, 6.45) is 0. The normalized spacial score (nSPS) is 11.9. The number of para-hydroxylation sites is 1. The smallest absolute Gasteiger partial charge is 0.276 e. The number of methoxy groups -OCH3 is 1. The van der Waals surface area contributed by atoms with Gasteiger partial charge in [-0.2, -0.15) is 13.2 Å². The first-order valence-electron chi connectivity index (χ1n) is 10.1. The lowest BCUT2D eigenvalue weighted by atomic mass is 10.1. The molecule has 174 valence electrons. The van der Waals surface area contributed by atoms with E-state index in [4.69, 9.17) is 20.8 Å². The first-order chi connectivity index (χ1) is 16.3. The molecule has 1 amide bonds. The highest BCUT2D eigenvalue weighted by atomic mass is 35.5. The number of amides is 1. The number of rotatable bonds is 6. The molecule has 4 rings (SSSR count). The number of aryl methyl sites for hydroxylation is 1. The topological polar surface area (TPSA) is 110 Å². The SMILES string of the molecule is COc1cccc2cc(C(=O)Nc3ccc(Cl)cc3)c(=NNS(=O)(=O)c3ccc(C)cc3)oc12. The summed E-state index contributed by atoms with van der Waals surface area (Å²) in [4.78, 5) is 15.2. The van der Waals surface area contributed by atoms with Gasteiger partial charge in [-0.25, -0.2) is 0 Å². The number of carbonyl (C=O) groups is 1. The number of halogens is 1. The highest BCUT2D eigenvalue weighted by molar-refractivity contribution is 7.89. The van der Waals surface area contributed by atoms with Crippen molar-refractivity contribution in [3.05, 3.63) is 94.5 Å². The van der Waals surface area contributed by atoms with E-state index in [1.165, 1.54) is 19.2 Å². The average molecular weight is 498 g/mol. The number of hydrogen-bond acceptors (Lipinski definition) is 6. The van der Waals surface area contributed by atoms with Crippen LogP contribution in [0.1, 0.15) is 15.9 Å². The molecule has 0 fully saturated rings. The summed E-state index contributed by atoms with van der Waals surface area (Å²) in [5, 5.41) is 7.76. The maximum Gasteiger partial charge on any atom is 0.276 e. The van der Waals surface area contributed by atoms with E-state index in [0.29, 0.717) is 27.4 Å². The molecule has 0 atom stereocenters. The molecule has 0 aliphatic heterocycles. The Balaban J connectivity index is 1.79. The molecule has 0 unspecified atom stereocenters. The van der Waals surface area contributed by atoms with Gasteiger partial charge in [0.25, 0.3) is 15.9 Å². The average Bonchev–Trinajstić information content (AvgIpc) is 2.83.